The molecule has 0 saturated heterocycles. The van der Waals surface area contributed by atoms with E-state index in [9.17, 15) is 9.00 Å². The third-order valence-corrected chi connectivity index (χ3v) is 5.47. The van der Waals surface area contributed by atoms with E-state index in [1.54, 1.807) is 0 Å². The standard InChI is InChI=1S/C22H21NO2S/c1-3-26(25)21-13-11-17(12-14-21)19-5-4-6-20(15-19)23-22(24)18-9-7-16(2)8-10-18/h4-15H,3H2,1-2H3,(H,23,24). The van der Waals surface area contributed by atoms with Crippen LogP contribution in [0.5, 0.6) is 0 Å². The molecule has 0 spiro atoms. The van der Waals surface area contributed by atoms with Crippen LogP contribution in [0.3, 0.4) is 0 Å². The van der Waals surface area contributed by atoms with Gasteiger partial charge >= 0.3 is 0 Å². The fourth-order valence-electron chi connectivity index (χ4n) is 2.65. The number of aryl methyl sites for hydroxylation is 1. The molecular weight excluding hydrogens is 342 g/mol. The highest BCUT2D eigenvalue weighted by atomic mass is 32.2. The van der Waals surface area contributed by atoms with E-state index in [-0.39, 0.29) is 5.91 Å². The summed E-state index contributed by atoms with van der Waals surface area (Å²) < 4.78 is 11.9. The van der Waals surface area contributed by atoms with Gasteiger partial charge in [-0.25, -0.2) is 0 Å². The SMILES string of the molecule is CCS(=O)c1ccc(-c2cccc(NC(=O)c3ccc(C)cc3)c2)cc1. The zero-order valence-electron chi connectivity index (χ0n) is 14.9. The van der Waals surface area contributed by atoms with Gasteiger partial charge in [0.05, 0.1) is 10.8 Å². The van der Waals surface area contributed by atoms with Crippen molar-refractivity contribution in [1.29, 1.82) is 0 Å². The maximum atomic E-state index is 12.4. The molecule has 0 fully saturated rings. The molecule has 0 aliphatic rings. The number of hydrogen-bond donors (Lipinski definition) is 1. The molecule has 26 heavy (non-hydrogen) atoms. The minimum Gasteiger partial charge on any atom is -0.322 e. The summed E-state index contributed by atoms with van der Waals surface area (Å²) in [5.74, 6) is 0.482. The molecule has 3 aromatic rings. The molecule has 1 N–H and O–H groups in total. The van der Waals surface area contributed by atoms with E-state index in [1.807, 2.05) is 86.6 Å². The molecule has 3 rings (SSSR count). The zero-order chi connectivity index (χ0) is 18.5. The van der Waals surface area contributed by atoms with Gasteiger partial charge in [-0.15, -0.1) is 0 Å². The molecular formula is C22H21NO2S. The smallest absolute Gasteiger partial charge is 0.255 e. The number of benzene rings is 3. The lowest BCUT2D eigenvalue weighted by atomic mass is 10.1. The molecule has 0 saturated carbocycles. The predicted molar refractivity (Wildman–Crippen MR) is 108 cm³/mol. The van der Waals surface area contributed by atoms with Gasteiger partial charge in [0.15, 0.2) is 0 Å². The molecule has 0 aliphatic carbocycles. The molecule has 3 aromatic carbocycles. The Balaban J connectivity index is 1.78. The highest BCUT2D eigenvalue weighted by Crippen LogP contribution is 2.24. The van der Waals surface area contributed by atoms with E-state index in [0.29, 0.717) is 11.3 Å². The van der Waals surface area contributed by atoms with Crippen molar-refractivity contribution in [2.75, 3.05) is 11.1 Å². The number of nitrogens with one attached hydrogen (secondary N) is 1. The topological polar surface area (TPSA) is 46.2 Å². The van der Waals surface area contributed by atoms with E-state index < -0.39 is 10.8 Å². The number of carbonyl (C=O) groups is 1. The Morgan fingerprint density at radius 2 is 1.62 bits per heavy atom. The average molecular weight is 363 g/mol. The lowest BCUT2D eigenvalue weighted by Crippen LogP contribution is -2.11. The van der Waals surface area contributed by atoms with Crippen LogP contribution in [0.25, 0.3) is 11.1 Å². The summed E-state index contributed by atoms with van der Waals surface area (Å²) in [5.41, 5.74) is 4.52. The Labute approximate surface area is 156 Å². The maximum Gasteiger partial charge on any atom is 0.255 e. The van der Waals surface area contributed by atoms with E-state index in [0.717, 1.165) is 27.3 Å². The normalized spacial score (nSPS) is 11.8. The fourth-order valence-corrected chi connectivity index (χ4v) is 3.42. The van der Waals surface area contributed by atoms with Gasteiger partial charge in [-0.05, 0) is 54.4 Å². The summed E-state index contributed by atoms with van der Waals surface area (Å²) in [6.07, 6.45) is 0. The van der Waals surface area contributed by atoms with Gasteiger partial charge in [0.2, 0.25) is 0 Å². The molecule has 1 atom stereocenters. The third-order valence-electron chi connectivity index (χ3n) is 4.15. The maximum absolute atomic E-state index is 12.4. The second-order valence-electron chi connectivity index (χ2n) is 6.06. The highest BCUT2D eigenvalue weighted by molar-refractivity contribution is 7.85. The van der Waals surface area contributed by atoms with Crippen LogP contribution >= 0.6 is 0 Å². The van der Waals surface area contributed by atoms with Crippen LogP contribution in [0.1, 0.15) is 22.8 Å². The highest BCUT2D eigenvalue weighted by Gasteiger charge is 2.07. The molecule has 0 heterocycles. The molecule has 0 aliphatic heterocycles. The van der Waals surface area contributed by atoms with Gasteiger partial charge < -0.3 is 5.32 Å². The second kappa shape index (κ2) is 8.11. The minimum atomic E-state index is -0.947. The first-order chi connectivity index (χ1) is 12.6. The summed E-state index contributed by atoms with van der Waals surface area (Å²) in [7, 11) is -0.947. The first kappa shape index (κ1) is 18.1. The summed E-state index contributed by atoms with van der Waals surface area (Å²) >= 11 is 0. The monoisotopic (exact) mass is 363 g/mol. The molecule has 132 valence electrons. The van der Waals surface area contributed by atoms with Crippen LogP contribution in [-0.4, -0.2) is 15.9 Å². The van der Waals surface area contributed by atoms with Crippen LogP contribution < -0.4 is 5.32 Å². The van der Waals surface area contributed by atoms with Gasteiger partial charge in [0.25, 0.3) is 5.91 Å². The number of anilines is 1. The Hall–Kier alpha value is -2.72. The largest absolute Gasteiger partial charge is 0.322 e. The summed E-state index contributed by atoms with van der Waals surface area (Å²) in [4.78, 5) is 13.2. The van der Waals surface area contributed by atoms with Gasteiger partial charge in [0.1, 0.15) is 0 Å². The zero-order valence-corrected chi connectivity index (χ0v) is 15.7. The van der Waals surface area contributed by atoms with Crippen LogP contribution in [0.15, 0.2) is 77.7 Å². The summed E-state index contributed by atoms with van der Waals surface area (Å²) in [5, 5.41) is 2.94. The predicted octanol–water partition coefficient (Wildman–Crippen LogP) is 5.04. The van der Waals surface area contributed by atoms with Crippen molar-refractivity contribution in [2.45, 2.75) is 18.7 Å². The third kappa shape index (κ3) is 4.27. The van der Waals surface area contributed by atoms with Crippen LogP contribution in [0, 0.1) is 6.92 Å². The Kier molecular flexibility index (Phi) is 5.64. The number of rotatable bonds is 5. The summed E-state index contributed by atoms with van der Waals surface area (Å²) in [6.45, 7) is 3.90. The molecule has 1 unspecified atom stereocenters. The van der Waals surface area contributed by atoms with E-state index in [1.165, 1.54) is 0 Å². The Morgan fingerprint density at radius 1 is 0.923 bits per heavy atom. The molecule has 0 radical (unpaired) electrons. The molecule has 4 heteroatoms. The molecule has 1 amide bonds. The Morgan fingerprint density at radius 3 is 2.27 bits per heavy atom. The Bertz CT molecular complexity index is 931. The lowest BCUT2D eigenvalue weighted by Gasteiger charge is -2.09. The number of hydrogen-bond acceptors (Lipinski definition) is 2. The first-order valence-electron chi connectivity index (χ1n) is 8.53. The van der Waals surface area contributed by atoms with Crippen molar-refractivity contribution < 1.29 is 9.00 Å². The van der Waals surface area contributed by atoms with Crippen LogP contribution in [-0.2, 0) is 10.8 Å². The average Bonchev–Trinajstić information content (AvgIpc) is 2.68. The quantitative estimate of drug-likeness (QED) is 0.690. The first-order valence-corrected chi connectivity index (χ1v) is 9.85. The van der Waals surface area contributed by atoms with Crippen molar-refractivity contribution in [2.24, 2.45) is 0 Å². The van der Waals surface area contributed by atoms with Crippen LogP contribution in [0.4, 0.5) is 5.69 Å². The van der Waals surface area contributed by atoms with Crippen molar-refractivity contribution in [1.82, 2.24) is 0 Å². The van der Waals surface area contributed by atoms with Crippen molar-refractivity contribution >= 4 is 22.4 Å². The molecule has 0 bridgehead atoms. The van der Waals surface area contributed by atoms with Crippen molar-refractivity contribution in [3.8, 4) is 11.1 Å². The van der Waals surface area contributed by atoms with Gasteiger partial charge in [-0.1, -0.05) is 48.9 Å². The van der Waals surface area contributed by atoms with Gasteiger partial charge in [-0.3, -0.25) is 9.00 Å². The molecule has 3 nitrogen and oxygen atoms in total. The van der Waals surface area contributed by atoms with E-state index >= 15 is 0 Å². The molecule has 0 aromatic heterocycles. The van der Waals surface area contributed by atoms with Crippen molar-refractivity contribution in [3.05, 3.63) is 83.9 Å². The summed E-state index contributed by atoms with van der Waals surface area (Å²) in [6, 6.07) is 22.9. The van der Waals surface area contributed by atoms with Gasteiger partial charge in [-0.2, -0.15) is 0 Å². The van der Waals surface area contributed by atoms with Crippen molar-refractivity contribution in [3.63, 3.8) is 0 Å². The number of amides is 1. The lowest BCUT2D eigenvalue weighted by molar-refractivity contribution is 0.102. The van der Waals surface area contributed by atoms with E-state index in [2.05, 4.69) is 5.32 Å². The minimum absolute atomic E-state index is 0.129. The fraction of sp³-hybridized carbons (Fsp3) is 0.136. The van der Waals surface area contributed by atoms with E-state index in [4.69, 9.17) is 0 Å². The number of carbonyl (C=O) groups excluding carboxylic acids is 1. The van der Waals surface area contributed by atoms with Gasteiger partial charge in [0, 0.05) is 21.9 Å². The van der Waals surface area contributed by atoms with Crippen LogP contribution in [0.2, 0.25) is 0 Å². The second-order valence-corrected chi connectivity index (χ2v) is 7.80.